The SMILES string of the molecule is Cc1noc(C)c1CSCC(=O)N[C@H](C(=O)O)C(C)(C)C. The van der Waals surface area contributed by atoms with Crippen molar-refractivity contribution in [2.75, 3.05) is 5.75 Å². The highest BCUT2D eigenvalue weighted by Crippen LogP contribution is 2.21. The second-order valence-electron chi connectivity index (χ2n) is 6.00. The van der Waals surface area contributed by atoms with Gasteiger partial charge < -0.3 is 14.9 Å². The largest absolute Gasteiger partial charge is 0.480 e. The van der Waals surface area contributed by atoms with Crippen LogP contribution in [0, 0.1) is 19.3 Å². The quantitative estimate of drug-likeness (QED) is 0.835. The van der Waals surface area contributed by atoms with E-state index in [1.54, 1.807) is 20.8 Å². The number of hydrogen-bond donors (Lipinski definition) is 2. The first-order valence-electron chi connectivity index (χ1n) is 6.64. The third-order valence-electron chi connectivity index (χ3n) is 3.08. The van der Waals surface area contributed by atoms with E-state index in [4.69, 9.17) is 9.63 Å². The lowest BCUT2D eigenvalue weighted by molar-refractivity contribution is -0.144. The summed E-state index contributed by atoms with van der Waals surface area (Å²) in [5.41, 5.74) is 1.27. The Labute approximate surface area is 128 Å². The van der Waals surface area contributed by atoms with Crippen LogP contribution in [0.4, 0.5) is 0 Å². The molecule has 7 heteroatoms. The Morgan fingerprint density at radius 1 is 1.38 bits per heavy atom. The molecule has 0 spiro atoms. The number of amides is 1. The number of carbonyl (C=O) groups excluding carboxylic acids is 1. The fraction of sp³-hybridized carbons (Fsp3) is 0.643. The standard InChI is InChI=1S/C14H22N2O4S/c1-8-10(9(2)20-16-8)6-21-7-11(17)15-12(13(18)19)14(3,4)5/h12H,6-7H2,1-5H3,(H,15,17)(H,18,19)/t12-/m1/s1. The van der Waals surface area contributed by atoms with Gasteiger partial charge in [0.1, 0.15) is 11.8 Å². The number of nitrogens with one attached hydrogen (secondary N) is 1. The Morgan fingerprint density at radius 3 is 2.43 bits per heavy atom. The van der Waals surface area contributed by atoms with Crippen molar-refractivity contribution < 1.29 is 19.2 Å². The summed E-state index contributed by atoms with van der Waals surface area (Å²) in [6.45, 7) is 9.03. The van der Waals surface area contributed by atoms with E-state index in [0.29, 0.717) is 5.75 Å². The first-order valence-corrected chi connectivity index (χ1v) is 7.80. The molecule has 2 N–H and O–H groups in total. The van der Waals surface area contributed by atoms with Crippen molar-refractivity contribution in [2.24, 2.45) is 5.41 Å². The molecule has 0 aliphatic heterocycles. The summed E-state index contributed by atoms with van der Waals surface area (Å²) in [5.74, 6) is 0.255. The Kier molecular flexibility index (Phi) is 5.83. The molecule has 0 radical (unpaired) electrons. The van der Waals surface area contributed by atoms with Gasteiger partial charge in [-0.25, -0.2) is 4.79 Å². The average Bonchev–Trinajstić information content (AvgIpc) is 2.65. The molecule has 0 fully saturated rings. The van der Waals surface area contributed by atoms with Crippen LogP contribution in [0.3, 0.4) is 0 Å². The molecule has 21 heavy (non-hydrogen) atoms. The molecule has 6 nitrogen and oxygen atoms in total. The third kappa shape index (κ3) is 5.08. The van der Waals surface area contributed by atoms with Gasteiger partial charge in [0.2, 0.25) is 5.91 Å². The second kappa shape index (κ2) is 6.98. The zero-order valence-corrected chi connectivity index (χ0v) is 13.8. The van der Waals surface area contributed by atoms with Gasteiger partial charge in [-0.3, -0.25) is 4.79 Å². The van der Waals surface area contributed by atoms with E-state index < -0.39 is 17.4 Å². The Morgan fingerprint density at radius 2 is 2.00 bits per heavy atom. The van der Waals surface area contributed by atoms with Crippen molar-refractivity contribution in [1.29, 1.82) is 0 Å². The molecule has 0 aromatic carbocycles. The Hall–Kier alpha value is -1.50. The molecule has 1 atom stereocenters. The molecule has 1 heterocycles. The van der Waals surface area contributed by atoms with Crippen LogP contribution in [-0.2, 0) is 15.3 Å². The van der Waals surface area contributed by atoms with E-state index in [2.05, 4.69) is 10.5 Å². The van der Waals surface area contributed by atoms with Gasteiger partial charge in [-0.1, -0.05) is 25.9 Å². The molecular formula is C14H22N2O4S. The minimum atomic E-state index is -1.02. The number of carbonyl (C=O) groups is 2. The highest BCUT2D eigenvalue weighted by atomic mass is 32.2. The van der Waals surface area contributed by atoms with Crippen LogP contribution in [0.5, 0.6) is 0 Å². The number of carboxylic acids is 1. The van der Waals surface area contributed by atoms with Gasteiger partial charge in [-0.2, -0.15) is 0 Å². The van der Waals surface area contributed by atoms with E-state index in [1.807, 2.05) is 13.8 Å². The predicted molar refractivity (Wildman–Crippen MR) is 81.2 cm³/mol. The fourth-order valence-electron chi connectivity index (χ4n) is 1.81. The van der Waals surface area contributed by atoms with Gasteiger partial charge in [-0.15, -0.1) is 11.8 Å². The van der Waals surface area contributed by atoms with Crippen LogP contribution in [0.25, 0.3) is 0 Å². The molecule has 1 rings (SSSR count). The maximum absolute atomic E-state index is 11.9. The molecule has 0 aliphatic carbocycles. The molecule has 0 unspecified atom stereocenters. The third-order valence-corrected chi connectivity index (χ3v) is 4.04. The summed E-state index contributed by atoms with van der Waals surface area (Å²) in [4.78, 5) is 23.1. The molecule has 0 aliphatic rings. The van der Waals surface area contributed by atoms with Crippen LogP contribution in [0.2, 0.25) is 0 Å². The number of aryl methyl sites for hydroxylation is 2. The number of hydrogen-bond acceptors (Lipinski definition) is 5. The maximum Gasteiger partial charge on any atom is 0.326 e. The van der Waals surface area contributed by atoms with Gasteiger partial charge in [-0.05, 0) is 19.3 Å². The number of rotatable bonds is 6. The van der Waals surface area contributed by atoms with Crippen molar-refractivity contribution in [2.45, 2.75) is 46.4 Å². The zero-order chi connectivity index (χ0) is 16.2. The lowest BCUT2D eigenvalue weighted by Crippen LogP contribution is -2.49. The summed E-state index contributed by atoms with van der Waals surface area (Å²) < 4.78 is 5.05. The van der Waals surface area contributed by atoms with Crippen LogP contribution in [0.15, 0.2) is 4.52 Å². The summed E-state index contributed by atoms with van der Waals surface area (Å²) in [6, 6.07) is -0.898. The first-order chi connectivity index (χ1) is 9.62. The maximum atomic E-state index is 11.9. The summed E-state index contributed by atoms with van der Waals surface area (Å²) in [5, 5.41) is 15.6. The minimum absolute atomic E-state index is 0.198. The molecule has 1 aromatic heterocycles. The Balaban J connectivity index is 2.49. The smallest absolute Gasteiger partial charge is 0.326 e. The second-order valence-corrected chi connectivity index (χ2v) is 6.99. The summed E-state index contributed by atoms with van der Waals surface area (Å²) in [6.07, 6.45) is 0. The molecule has 0 saturated heterocycles. The van der Waals surface area contributed by atoms with Gasteiger partial charge >= 0.3 is 5.97 Å². The van der Waals surface area contributed by atoms with E-state index in [9.17, 15) is 9.59 Å². The fourth-order valence-corrected chi connectivity index (χ4v) is 2.79. The van der Waals surface area contributed by atoms with Gasteiger partial charge in [0, 0.05) is 11.3 Å². The summed E-state index contributed by atoms with van der Waals surface area (Å²) in [7, 11) is 0. The van der Waals surface area contributed by atoms with E-state index in [0.717, 1.165) is 17.0 Å². The number of nitrogens with zero attached hydrogens (tertiary/aromatic N) is 1. The van der Waals surface area contributed by atoms with Crippen LogP contribution < -0.4 is 5.32 Å². The first kappa shape index (κ1) is 17.6. The van der Waals surface area contributed by atoms with Crippen LogP contribution in [0.1, 0.15) is 37.8 Å². The van der Waals surface area contributed by atoms with Gasteiger partial charge in [0.25, 0.3) is 0 Å². The normalized spacial score (nSPS) is 13.0. The van der Waals surface area contributed by atoms with Crippen molar-refractivity contribution >= 4 is 23.6 Å². The van der Waals surface area contributed by atoms with Crippen LogP contribution in [-0.4, -0.2) is 33.9 Å². The van der Waals surface area contributed by atoms with E-state index >= 15 is 0 Å². The lowest BCUT2D eigenvalue weighted by Gasteiger charge is -2.27. The monoisotopic (exact) mass is 314 g/mol. The molecule has 1 amide bonds. The zero-order valence-electron chi connectivity index (χ0n) is 13.0. The predicted octanol–water partition coefficient (Wildman–Crippen LogP) is 2.14. The van der Waals surface area contributed by atoms with E-state index in [-0.39, 0.29) is 11.7 Å². The Bertz CT molecular complexity index is 500. The highest BCUT2D eigenvalue weighted by Gasteiger charge is 2.32. The number of carboxylic acid groups (broad SMARTS) is 1. The van der Waals surface area contributed by atoms with E-state index in [1.165, 1.54) is 11.8 Å². The molecular weight excluding hydrogens is 292 g/mol. The highest BCUT2D eigenvalue weighted by molar-refractivity contribution is 7.99. The molecule has 0 saturated carbocycles. The minimum Gasteiger partial charge on any atom is -0.480 e. The van der Waals surface area contributed by atoms with Crippen molar-refractivity contribution in [3.63, 3.8) is 0 Å². The number of aromatic nitrogens is 1. The van der Waals surface area contributed by atoms with Gasteiger partial charge in [0.05, 0.1) is 11.4 Å². The van der Waals surface area contributed by atoms with Crippen molar-refractivity contribution in [3.05, 3.63) is 17.0 Å². The van der Waals surface area contributed by atoms with Gasteiger partial charge in [0.15, 0.2) is 0 Å². The number of thioether (sulfide) groups is 1. The topological polar surface area (TPSA) is 92.4 Å². The molecule has 1 aromatic rings. The molecule has 118 valence electrons. The van der Waals surface area contributed by atoms with Crippen molar-refractivity contribution in [3.8, 4) is 0 Å². The molecule has 0 bridgehead atoms. The van der Waals surface area contributed by atoms with Crippen molar-refractivity contribution in [1.82, 2.24) is 10.5 Å². The summed E-state index contributed by atoms with van der Waals surface area (Å²) >= 11 is 1.41. The number of aliphatic carboxylic acids is 1. The average molecular weight is 314 g/mol. The van der Waals surface area contributed by atoms with Crippen LogP contribution >= 0.6 is 11.8 Å². The lowest BCUT2D eigenvalue weighted by atomic mass is 9.87.